The Labute approximate surface area is 174 Å². The summed E-state index contributed by atoms with van der Waals surface area (Å²) in [6, 6.07) is 11.9. The molecule has 158 valence electrons. The Hall–Kier alpha value is -3.68. The molecule has 0 atom stereocenters. The van der Waals surface area contributed by atoms with Crippen molar-refractivity contribution in [2.75, 3.05) is 25.6 Å². The maximum atomic E-state index is 12.0. The van der Waals surface area contributed by atoms with Crippen LogP contribution in [0.2, 0.25) is 0 Å². The van der Waals surface area contributed by atoms with Gasteiger partial charge in [-0.25, -0.2) is 14.4 Å². The Balaban J connectivity index is 1.82. The van der Waals surface area contributed by atoms with E-state index in [-0.39, 0.29) is 5.56 Å². The lowest BCUT2D eigenvalue weighted by Gasteiger charge is -2.08. The highest BCUT2D eigenvalue weighted by molar-refractivity contribution is 5.97. The van der Waals surface area contributed by atoms with Gasteiger partial charge in [-0.3, -0.25) is 4.79 Å². The number of unbranched alkanes of at least 4 members (excludes halogenated alkanes) is 1. The molecular weight excluding hydrogens is 390 g/mol. The number of hydrogen-bond acceptors (Lipinski definition) is 7. The van der Waals surface area contributed by atoms with E-state index < -0.39 is 30.4 Å². The minimum atomic E-state index is -0.702. The van der Waals surface area contributed by atoms with Gasteiger partial charge in [-0.15, -0.1) is 0 Å². The largest absolute Gasteiger partial charge is 0.465 e. The topological polar surface area (TPSA) is 108 Å². The quantitative estimate of drug-likeness (QED) is 0.382. The summed E-state index contributed by atoms with van der Waals surface area (Å²) in [6.07, 6.45) is 1.73. The molecule has 1 N–H and O–H groups in total. The van der Waals surface area contributed by atoms with E-state index in [0.29, 0.717) is 23.4 Å². The Bertz CT molecular complexity index is 889. The highest BCUT2D eigenvalue weighted by Crippen LogP contribution is 2.11. The second-order valence-electron chi connectivity index (χ2n) is 6.26. The number of benzene rings is 2. The Morgan fingerprint density at radius 3 is 1.80 bits per heavy atom. The molecule has 0 aliphatic carbocycles. The van der Waals surface area contributed by atoms with Gasteiger partial charge in [-0.05, 0) is 55.0 Å². The molecule has 0 radical (unpaired) electrons. The number of esters is 3. The van der Waals surface area contributed by atoms with Crippen molar-refractivity contribution in [2.45, 2.75) is 19.8 Å². The third-order valence-electron chi connectivity index (χ3n) is 4.01. The molecule has 30 heavy (non-hydrogen) atoms. The fourth-order valence-corrected chi connectivity index (χ4v) is 2.35. The van der Waals surface area contributed by atoms with E-state index in [2.05, 4.69) is 10.1 Å². The predicted molar refractivity (Wildman–Crippen MR) is 108 cm³/mol. The van der Waals surface area contributed by atoms with Crippen LogP contribution in [-0.2, 0) is 19.0 Å². The van der Waals surface area contributed by atoms with Crippen LogP contribution in [0, 0.1) is 0 Å². The van der Waals surface area contributed by atoms with Crippen LogP contribution in [0.25, 0.3) is 0 Å². The number of nitrogens with one attached hydrogen (secondary N) is 1. The Kier molecular flexibility index (Phi) is 8.56. The molecule has 8 heteroatoms. The number of carbonyl (C=O) groups is 4. The van der Waals surface area contributed by atoms with Crippen LogP contribution in [0.15, 0.2) is 48.5 Å². The minimum Gasteiger partial charge on any atom is -0.465 e. The van der Waals surface area contributed by atoms with Crippen molar-refractivity contribution in [2.24, 2.45) is 0 Å². The SMILES string of the molecule is CCCCOC(=O)c1ccc(NC(=O)COC(=O)c2ccc(C(=O)OC)cc2)cc1. The van der Waals surface area contributed by atoms with Crippen molar-refractivity contribution in [3.05, 3.63) is 65.2 Å². The summed E-state index contributed by atoms with van der Waals surface area (Å²) in [4.78, 5) is 47.2. The highest BCUT2D eigenvalue weighted by atomic mass is 16.5. The number of carbonyl (C=O) groups excluding carboxylic acids is 4. The molecule has 1 amide bonds. The van der Waals surface area contributed by atoms with Crippen LogP contribution in [-0.4, -0.2) is 44.1 Å². The maximum absolute atomic E-state index is 12.0. The van der Waals surface area contributed by atoms with Crippen LogP contribution >= 0.6 is 0 Å². The zero-order valence-electron chi connectivity index (χ0n) is 16.8. The van der Waals surface area contributed by atoms with Crippen LogP contribution in [0.5, 0.6) is 0 Å². The van der Waals surface area contributed by atoms with Crippen molar-refractivity contribution in [3.8, 4) is 0 Å². The summed E-state index contributed by atoms with van der Waals surface area (Å²) in [5, 5.41) is 2.57. The number of amides is 1. The van der Waals surface area contributed by atoms with Gasteiger partial charge in [-0.2, -0.15) is 0 Å². The summed E-state index contributed by atoms with van der Waals surface area (Å²) < 4.78 is 14.7. The first-order valence-electron chi connectivity index (χ1n) is 9.37. The van der Waals surface area contributed by atoms with Crippen LogP contribution < -0.4 is 5.32 Å². The Morgan fingerprint density at radius 1 is 0.767 bits per heavy atom. The van der Waals surface area contributed by atoms with Gasteiger partial charge in [0.15, 0.2) is 6.61 Å². The van der Waals surface area contributed by atoms with Gasteiger partial charge in [0.1, 0.15) is 0 Å². The number of methoxy groups -OCH3 is 1. The second kappa shape index (κ2) is 11.4. The molecule has 0 saturated heterocycles. The second-order valence-corrected chi connectivity index (χ2v) is 6.26. The van der Waals surface area contributed by atoms with Gasteiger partial charge < -0.3 is 19.5 Å². The van der Waals surface area contributed by atoms with Gasteiger partial charge >= 0.3 is 17.9 Å². The summed E-state index contributed by atoms with van der Waals surface area (Å²) in [7, 11) is 1.26. The van der Waals surface area contributed by atoms with Crippen molar-refractivity contribution >= 4 is 29.5 Å². The fourth-order valence-electron chi connectivity index (χ4n) is 2.35. The molecule has 0 aromatic heterocycles. The first kappa shape index (κ1) is 22.6. The van der Waals surface area contributed by atoms with Gasteiger partial charge in [0.05, 0.1) is 30.4 Å². The molecule has 0 fully saturated rings. The first-order chi connectivity index (χ1) is 14.4. The summed E-state index contributed by atoms with van der Waals surface area (Å²) in [5.41, 5.74) is 1.32. The molecule has 2 aromatic carbocycles. The molecule has 0 heterocycles. The van der Waals surface area contributed by atoms with Crippen molar-refractivity contribution in [3.63, 3.8) is 0 Å². The van der Waals surface area contributed by atoms with Crippen molar-refractivity contribution in [1.29, 1.82) is 0 Å². The molecule has 0 aliphatic heterocycles. The summed E-state index contributed by atoms with van der Waals surface area (Å²) in [6.45, 7) is 1.88. The average Bonchev–Trinajstić information content (AvgIpc) is 2.77. The third-order valence-corrected chi connectivity index (χ3v) is 4.01. The molecular formula is C22H23NO7. The number of anilines is 1. The van der Waals surface area contributed by atoms with Crippen LogP contribution in [0.4, 0.5) is 5.69 Å². The number of hydrogen-bond donors (Lipinski definition) is 1. The monoisotopic (exact) mass is 413 g/mol. The summed E-state index contributed by atoms with van der Waals surface area (Å²) >= 11 is 0. The lowest BCUT2D eigenvalue weighted by molar-refractivity contribution is -0.119. The van der Waals surface area contributed by atoms with E-state index >= 15 is 0 Å². The van der Waals surface area contributed by atoms with E-state index in [9.17, 15) is 19.2 Å². The van der Waals surface area contributed by atoms with E-state index in [4.69, 9.17) is 9.47 Å². The van der Waals surface area contributed by atoms with Gasteiger partial charge in [0, 0.05) is 5.69 Å². The predicted octanol–water partition coefficient (Wildman–Crippen LogP) is 3.23. The average molecular weight is 413 g/mol. The molecule has 2 rings (SSSR count). The Morgan fingerprint density at radius 2 is 1.27 bits per heavy atom. The zero-order valence-corrected chi connectivity index (χ0v) is 16.8. The molecule has 2 aromatic rings. The van der Waals surface area contributed by atoms with Crippen LogP contribution in [0.1, 0.15) is 50.8 Å². The smallest absolute Gasteiger partial charge is 0.338 e. The normalized spacial score (nSPS) is 10.1. The third kappa shape index (κ3) is 6.73. The van der Waals surface area contributed by atoms with E-state index in [1.165, 1.54) is 31.4 Å². The van der Waals surface area contributed by atoms with Gasteiger partial charge in [0.2, 0.25) is 0 Å². The van der Waals surface area contributed by atoms with Gasteiger partial charge in [0.25, 0.3) is 5.91 Å². The maximum Gasteiger partial charge on any atom is 0.338 e. The highest BCUT2D eigenvalue weighted by Gasteiger charge is 2.13. The molecule has 0 bridgehead atoms. The number of rotatable bonds is 9. The van der Waals surface area contributed by atoms with E-state index in [1.807, 2.05) is 6.92 Å². The molecule has 0 aliphatic rings. The number of ether oxygens (including phenoxy) is 3. The van der Waals surface area contributed by atoms with Crippen LogP contribution in [0.3, 0.4) is 0 Å². The summed E-state index contributed by atoms with van der Waals surface area (Å²) in [5.74, 6) is -2.18. The fraction of sp³-hybridized carbons (Fsp3) is 0.273. The van der Waals surface area contributed by atoms with E-state index in [1.54, 1.807) is 24.3 Å². The lowest BCUT2D eigenvalue weighted by atomic mass is 10.1. The standard InChI is InChI=1S/C22H23NO7/c1-3-4-13-29-21(26)17-9-11-18(12-10-17)23-19(24)14-30-22(27)16-7-5-15(6-8-16)20(25)28-2/h5-12H,3-4,13-14H2,1-2H3,(H,23,24). The van der Waals surface area contributed by atoms with Gasteiger partial charge in [-0.1, -0.05) is 13.3 Å². The minimum absolute atomic E-state index is 0.196. The first-order valence-corrected chi connectivity index (χ1v) is 9.37. The zero-order chi connectivity index (χ0) is 21.9. The van der Waals surface area contributed by atoms with E-state index in [0.717, 1.165) is 12.8 Å². The molecule has 0 unspecified atom stereocenters. The van der Waals surface area contributed by atoms with Crippen molar-refractivity contribution < 1.29 is 33.4 Å². The van der Waals surface area contributed by atoms with Crippen molar-refractivity contribution in [1.82, 2.24) is 0 Å². The molecule has 8 nitrogen and oxygen atoms in total. The molecule has 0 saturated carbocycles. The lowest BCUT2D eigenvalue weighted by Crippen LogP contribution is -2.21. The molecule has 0 spiro atoms.